The summed E-state index contributed by atoms with van der Waals surface area (Å²) in [4.78, 5) is 0. The third-order valence-corrected chi connectivity index (χ3v) is 5.17. The van der Waals surface area contributed by atoms with Gasteiger partial charge in [-0.25, -0.2) is 0 Å². The van der Waals surface area contributed by atoms with E-state index in [1.165, 1.54) is 22.3 Å². The summed E-state index contributed by atoms with van der Waals surface area (Å²) in [5, 5.41) is 7.98. The summed E-state index contributed by atoms with van der Waals surface area (Å²) in [6.07, 6.45) is 0. The van der Waals surface area contributed by atoms with Crippen LogP contribution in [0, 0.1) is 13.8 Å². The number of thiophene rings is 1. The van der Waals surface area contributed by atoms with Crippen molar-refractivity contribution in [2.45, 2.75) is 26.8 Å². The van der Waals surface area contributed by atoms with E-state index in [1.54, 1.807) is 18.4 Å². The molecule has 2 aromatic rings. The van der Waals surface area contributed by atoms with Gasteiger partial charge in [-0.1, -0.05) is 22.9 Å². The lowest BCUT2D eigenvalue weighted by Crippen LogP contribution is -2.22. The third-order valence-electron chi connectivity index (χ3n) is 3.44. The second-order valence-corrected chi connectivity index (χ2v) is 6.44. The molecule has 0 spiro atoms. The van der Waals surface area contributed by atoms with Crippen molar-refractivity contribution in [1.29, 1.82) is 0 Å². The van der Waals surface area contributed by atoms with Crippen LogP contribution < -0.4 is 10.1 Å². The fraction of sp³-hybridized carbons (Fsp3) is 0.375. The van der Waals surface area contributed by atoms with Crippen molar-refractivity contribution in [3.63, 3.8) is 0 Å². The van der Waals surface area contributed by atoms with Gasteiger partial charge in [-0.2, -0.15) is 11.3 Å². The van der Waals surface area contributed by atoms with Crippen molar-refractivity contribution in [3.8, 4) is 5.75 Å². The number of hydrogen-bond donors (Lipinski definition) is 1. The standard InChI is InChI=1S/C16H20BrNOS/c1-5-18-16(13-9-20-8-11(13)3)12-7-14(17)10(2)6-15(12)19-4/h6-9,16,18H,5H2,1-4H3. The van der Waals surface area contributed by atoms with Crippen molar-refractivity contribution < 1.29 is 4.74 Å². The molecule has 0 aliphatic rings. The molecule has 20 heavy (non-hydrogen) atoms. The van der Waals surface area contributed by atoms with E-state index < -0.39 is 0 Å². The molecule has 2 nitrogen and oxygen atoms in total. The molecule has 0 fully saturated rings. The first-order valence-electron chi connectivity index (χ1n) is 6.68. The summed E-state index contributed by atoms with van der Waals surface area (Å²) in [7, 11) is 1.73. The van der Waals surface area contributed by atoms with E-state index in [0.717, 1.165) is 16.8 Å². The highest BCUT2D eigenvalue weighted by Crippen LogP contribution is 2.36. The van der Waals surface area contributed by atoms with Crippen molar-refractivity contribution in [3.05, 3.63) is 49.6 Å². The van der Waals surface area contributed by atoms with E-state index >= 15 is 0 Å². The fourth-order valence-electron chi connectivity index (χ4n) is 2.33. The molecule has 2 rings (SSSR count). The Morgan fingerprint density at radius 1 is 1.20 bits per heavy atom. The maximum absolute atomic E-state index is 5.59. The first kappa shape index (κ1) is 15.5. The molecule has 108 valence electrons. The highest BCUT2D eigenvalue weighted by Gasteiger charge is 2.20. The van der Waals surface area contributed by atoms with Crippen LogP contribution in [-0.4, -0.2) is 13.7 Å². The molecule has 0 amide bonds. The Morgan fingerprint density at radius 2 is 1.95 bits per heavy atom. The first-order valence-corrected chi connectivity index (χ1v) is 8.42. The Morgan fingerprint density at radius 3 is 2.50 bits per heavy atom. The van der Waals surface area contributed by atoms with Gasteiger partial charge in [0, 0.05) is 10.0 Å². The Labute approximate surface area is 133 Å². The summed E-state index contributed by atoms with van der Waals surface area (Å²) in [5.74, 6) is 0.933. The third kappa shape index (κ3) is 3.08. The predicted molar refractivity (Wildman–Crippen MR) is 90.0 cm³/mol. The zero-order valence-electron chi connectivity index (χ0n) is 12.3. The summed E-state index contributed by atoms with van der Waals surface area (Å²) >= 11 is 5.37. The Hall–Kier alpha value is -0.840. The van der Waals surface area contributed by atoms with Crippen LogP contribution >= 0.6 is 27.3 Å². The van der Waals surface area contributed by atoms with E-state index in [2.05, 4.69) is 64.9 Å². The number of benzene rings is 1. The second kappa shape index (κ2) is 6.74. The maximum Gasteiger partial charge on any atom is 0.124 e. The van der Waals surface area contributed by atoms with E-state index in [-0.39, 0.29) is 6.04 Å². The van der Waals surface area contributed by atoms with Crippen LogP contribution in [0.25, 0.3) is 0 Å². The molecular weight excluding hydrogens is 334 g/mol. The van der Waals surface area contributed by atoms with Gasteiger partial charge in [-0.05, 0) is 60.0 Å². The molecule has 1 aromatic heterocycles. The predicted octanol–water partition coefficient (Wildman–Crippen LogP) is 4.83. The molecule has 4 heteroatoms. The van der Waals surface area contributed by atoms with E-state index in [4.69, 9.17) is 4.74 Å². The number of halogens is 1. The molecule has 1 aromatic carbocycles. The molecule has 1 unspecified atom stereocenters. The zero-order valence-corrected chi connectivity index (χ0v) is 14.7. The van der Waals surface area contributed by atoms with Crippen molar-refractivity contribution >= 4 is 27.3 Å². The van der Waals surface area contributed by atoms with Crippen LogP contribution in [0.3, 0.4) is 0 Å². The SMILES string of the molecule is CCNC(c1cscc1C)c1cc(Br)c(C)cc1OC. The average Bonchev–Trinajstić information content (AvgIpc) is 2.85. The van der Waals surface area contributed by atoms with Crippen molar-refractivity contribution in [2.75, 3.05) is 13.7 Å². The Bertz CT molecular complexity index is 594. The zero-order chi connectivity index (χ0) is 14.7. The lowest BCUT2D eigenvalue weighted by Gasteiger charge is -2.22. The van der Waals surface area contributed by atoms with Gasteiger partial charge in [0.05, 0.1) is 13.2 Å². The number of hydrogen-bond acceptors (Lipinski definition) is 3. The van der Waals surface area contributed by atoms with Gasteiger partial charge >= 0.3 is 0 Å². The first-order chi connectivity index (χ1) is 9.58. The molecular formula is C16H20BrNOS. The van der Waals surface area contributed by atoms with Crippen molar-refractivity contribution in [1.82, 2.24) is 5.32 Å². The van der Waals surface area contributed by atoms with Crippen LogP contribution in [-0.2, 0) is 0 Å². The topological polar surface area (TPSA) is 21.3 Å². The monoisotopic (exact) mass is 353 g/mol. The molecule has 0 saturated heterocycles. The van der Waals surface area contributed by atoms with Crippen LogP contribution in [0.4, 0.5) is 0 Å². The summed E-state index contributed by atoms with van der Waals surface area (Å²) in [6.45, 7) is 7.28. The number of rotatable bonds is 5. The normalized spacial score (nSPS) is 12.4. The molecule has 0 radical (unpaired) electrons. The molecule has 0 aliphatic carbocycles. The number of ether oxygens (including phenoxy) is 1. The fourth-order valence-corrected chi connectivity index (χ4v) is 3.57. The molecule has 0 aliphatic heterocycles. The van der Waals surface area contributed by atoms with Crippen LogP contribution in [0.1, 0.15) is 35.2 Å². The van der Waals surface area contributed by atoms with Gasteiger partial charge in [0.1, 0.15) is 5.75 Å². The van der Waals surface area contributed by atoms with Crippen molar-refractivity contribution in [2.24, 2.45) is 0 Å². The van der Waals surface area contributed by atoms with Gasteiger partial charge in [0.2, 0.25) is 0 Å². The second-order valence-electron chi connectivity index (χ2n) is 4.84. The summed E-state index contributed by atoms with van der Waals surface area (Å²) in [6, 6.07) is 4.42. The highest BCUT2D eigenvalue weighted by molar-refractivity contribution is 9.10. The van der Waals surface area contributed by atoms with Crippen LogP contribution in [0.15, 0.2) is 27.4 Å². The van der Waals surface area contributed by atoms with Gasteiger partial charge in [-0.3, -0.25) is 0 Å². The maximum atomic E-state index is 5.59. The largest absolute Gasteiger partial charge is 0.496 e. The smallest absolute Gasteiger partial charge is 0.124 e. The molecule has 0 bridgehead atoms. The minimum atomic E-state index is 0.165. The van der Waals surface area contributed by atoms with Crippen LogP contribution in [0.5, 0.6) is 5.75 Å². The lowest BCUT2D eigenvalue weighted by molar-refractivity contribution is 0.404. The molecule has 1 N–H and O–H groups in total. The summed E-state index contributed by atoms with van der Waals surface area (Å²) < 4.78 is 6.70. The van der Waals surface area contributed by atoms with E-state index in [0.29, 0.717) is 0 Å². The lowest BCUT2D eigenvalue weighted by atomic mass is 9.96. The number of methoxy groups -OCH3 is 1. The van der Waals surface area contributed by atoms with Gasteiger partial charge in [-0.15, -0.1) is 0 Å². The van der Waals surface area contributed by atoms with Crippen LogP contribution in [0.2, 0.25) is 0 Å². The molecule has 1 atom stereocenters. The van der Waals surface area contributed by atoms with Gasteiger partial charge in [0.25, 0.3) is 0 Å². The average molecular weight is 354 g/mol. The number of nitrogens with one attached hydrogen (secondary N) is 1. The number of aryl methyl sites for hydroxylation is 2. The Balaban J connectivity index is 2.55. The van der Waals surface area contributed by atoms with E-state index in [1.807, 2.05) is 0 Å². The summed E-state index contributed by atoms with van der Waals surface area (Å²) in [5.41, 5.74) is 5.00. The highest BCUT2D eigenvalue weighted by atomic mass is 79.9. The minimum absolute atomic E-state index is 0.165. The van der Waals surface area contributed by atoms with Gasteiger partial charge in [0.15, 0.2) is 0 Å². The molecule has 0 saturated carbocycles. The minimum Gasteiger partial charge on any atom is -0.496 e. The van der Waals surface area contributed by atoms with Gasteiger partial charge < -0.3 is 10.1 Å². The quantitative estimate of drug-likeness (QED) is 0.830. The Kier molecular flexibility index (Phi) is 5.24. The van der Waals surface area contributed by atoms with E-state index in [9.17, 15) is 0 Å². The molecule has 1 heterocycles.